The van der Waals surface area contributed by atoms with E-state index in [0.29, 0.717) is 30.9 Å². The molecule has 0 unspecified atom stereocenters. The molecule has 0 bridgehead atoms. The summed E-state index contributed by atoms with van der Waals surface area (Å²) in [6, 6.07) is 20.4. The van der Waals surface area contributed by atoms with Gasteiger partial charge < -0.3 is 9.47 Å². The second kappa shape index (κ2) is 10.8. The predicted molar refractivity (Wildman–Crippen MR) is 117 cm³/mol. The first-order valence-electron chi connectivity index (χ1n) is 10.4. The first-order valence-corrected chi connectivity index (χ1v) is 10.4. The fourth-order valence-electron chi connectivity index (χ4n) is 3.80. The van der Waals surface area contributed by atoms with Gasteiger partial charge in [-0.3, -0.25) is 9.69 Å². The zero-order valence-electron chi connectivity index (χ0n) is 17.3. The molecule has 1 aliphatic carbocycles. The number of anilines is 2. The van der Waals surface area contributed by atoms with Gasteiger partial charge in [-0.25, -0.2) is 0 Å². The molecular weight excluding hydrogens is 362 g/mol. The van der Waals surface area contributed by atoms with Gasteiger partial charge in [-0.05, 0) is 75.3 Å². The van der Waals surface area contributed by atoms with Crippen molar-refractivity contribution in [2.45, 2.75) is 32.6 Å². The van der Waals surface area contributed by atoms with Crippen LogP contribution in [0.5, 0.6) is 0 Å². The number of ether oxygens (including phenoxy) is 2. The van der Waals surface area contributed by atoms with E-state index in [4.69, 9.17) is 9.47 Å². The summed E-state index contributed by atoms with van der Waals surface area (Å²) in [4.78, 5) is 13.0. The molecule has 3 rings (SSSR count). The van der Waals surface area contributed by atoms with Gasteiger partial charge in [0.25, 0.3) is 0 Å². The summed E-state index contributed by atoms with van der Waals surface area (Å²) < 4.78 is 11.7. The summed E-state index contributed by atoms with van der Waals surface area (Å²) in [6.45, 7) is 7.38. The van der Waals surface area contributed by atoms with E-state index in [9.17, 15) is 4.79 Å². The lowest BCUT2D eigenvalue weighted by Crippen LogP contribution is -2.24. The molecule has 0 spiro atoms. The highest BCUT2D eigenvalue weighted by Gasteiger charge is 2.23. The SMILES string of the molecule is C=C(OCC1CCC(COCC(C)=O)CC1)N(c1ccccc1)c1ccccc1. The van der Waals surface area contributed by atoms with E-state index in [1.807, 2.05) is 36.4 Å². The average Bonchev–Trinajstić information content (AvgIpc) is 2.75. The quantitative estimate of drug-likeness (QED) is 0.484. The Morgan fingerprint density at radius 1 is 0.897 bits per heavy atom. The highest BCUT2D eigenvalue weighted by Crippen LogP contribution is 2.32. The van der Waals surface area contributed by atoms with Crippen LogP contribution in [0.3, 0.4) is 0 Å². The van der Waals surface area contributed by atoms with E-state index >= 15 is 0 Å². The van der Waals surface area contributed by atoms with Gasteiger partial charge >= 0.3 is 0 Å². The molecule has 0 saturated heterocycles. The van der Waals surface area contributed by atoms with Gasteiger partial charge in [-0.1, -0.05) is 36.4 Å². The minimum Gasteiger partial charge on any atom is -0.479 e. The van der Waals surface area contributed by atoms with E-state index in [0.717, 1.165) is 37.1 Å². The molecule has 2 aromatic rings. The topological polar surface area (TPSA) is 38.8 Å². The standard InChI is InChI=1S/C25H31NO3/c1-20(27)17-28-18-22-13-15-23(16-14-22)19-29-21(2)26(24-9-5-3-6-10-24)25-11-7-4-8-12-25/h3-12,22-23H,2,13-19H2,1H3. The molecule has 29 heavy (non-hydrogen) atoms. The first kappa shape index (κ1) is 21.1. The highest BCUT2D eigenvalue weighted by atomic mass is 16.5. The highest BCUT2D eigenvalue weighted by molar-refractivity contribution is 5.76. The van der Waals surface area contributed by atoms with Gasteiger partial charge in [0.15, 0.2) is 11.7 Å². The van der Waals surface area contributed by atoms with Gasteiger partial charge in [0.05, 0.1) is 6.61 Å². The molecule has 1 aliphatic rings. The van der Waals surface area contributed by atoms with Crippen molar-refractivity contribution in [2.75, 3.05) is 24.7 Å². The van der Waals surface area contributed by atoms with Crippen molar-refractivity contribution in [1.29, 1.82) is 0 Å². The number of carbonyl (C=O) groups is 1. The Morgan fingerprint density at radius 3 is 1.86 bits per heavy atom. The monoisotopic (exact) mass is 393 g/mol. The van der Waals surface area contributed by atoms with Crippen LogP contribution in [-0.4, -0.2) is 25.6 Å². The van der Waals surface area contributed by atoms with Crippen molar-refractivity contribution in [2.24, 2.45) is 11.8 Å². The zero-order chi connectivity index (χ0) is 20.5. The summed E-state index contributed by atoms with van der Waals surface area (Å²) in [5.41, 5.74) is 2.07. The molecule has 1 fully saturated rings. The van der Waals surface area contributed by atoms with Crippen LogP contribution < -0.4 is 4.90 Å². The lowest BCUT2D eigenvalue weighted by molar-refractivity contribution is -0.122. The summed E-state index contributed by atoms with van der Waals surface area (Å²) in [5, 5.41) is 0. The number of hydrogen-bond donors (Lipinski definition) is 0. The number of hydrogen-bond acceptors (Lipinski definition) is 4. The van der Waals surface area contributed by atoms with E-state index in [2.05, 4.69) is 35.7 Å². The Labute approximate surface area is 174 Å². The van der Waals surface area contributed by atoms with Crippen LogP contribution in [0.15, 0.2) is 73.1 Å². The molecule has 0 heterocycles. The Balaban J connectivity index is 1.52. The fourth-order valence-corrected chi connectivity index (χ4v) is 3.80. The van der Waals surface area contributed by atoms with Gasteiger partial charge in [-0.2, -0.15) is 0 Å². The molecule has 0 aliphatic heterocycles. The van der Waals surface area contributed by atoms with E-state index in [1.54, 1.807) is 6.92 Å². The Kier molecular flexibility index (Phi) is 7.88. The molecular formula is C25H31NO3. The first-order chi connectivity index (χ1) is 14.1. The number of Topliss-reactive ketones (excluding diaryl/α,β-unsaturated/α-hetero) is 1. The van der Waals surface area contributed by atoms with E-state index < -0.39 is 0 Å². The predicted octanol–water partition coefficient (Wildman–Crippen LogP) is 5.72. The van der Waals surface area contributed by atoms with Gasteiger partial charge in [0, 0.05) is 18.0 Å². The lowest BCUT2D eigenvalue weighted by atomic mass is 9.83. The maximum Gasteiger partial charge on any atom is 0.191 e. The molecule has 4 nitrogen and oxygen atoms in total. The van der Waals surface area contributed by atoms with Crippen molar-refractivity contribution in [1.82, 2.24) is 0 Å². The number of rotatable bonds is 10. The Bertz CT molecular complexity index is 728. The third kappa shape index (κ3) is 6.47. The molecule has 1 saturated carbocycles. The van der Waals surface area contributed by atoms with Crippen molar-refractivity contribution in [3.05, 3.63) is 73.1 Å². The second-order valence-corrected chi connectivity index (χ2v) is 7.82. The van der Waals surface area contributed by atoms with Crippen LogP contribution >= 0.6 is 0 Å². The van der Waals surface area contributed by atoms with Crippen LogP contribution in [0.1, 0.15) is 32.6 Å². The zero-order valence-corrected chi connectivity index (χ0v) is 17.3. The van der Waals surface area contributed by atoms with Crippen molar-refractivity contribution >= 4 is 17.2 Å². The molecule has 0 aromatic heterocycles. The maximum atomic E-state index is 11.0. The third-order valence-electron chi connectivity index (χ3n) is 5.39. The molecule has 0 amide bonds. The maximum absolute atomic E-state index is 11.0. The largest absolute Gasteiger partial charge is 0.479 e. The molecule has 2 aromatic carbocycles. The minimum absolute atomic E-state index is 0.0898. The van der Waals surface area contributed by atoms with Crippen LogP contribution in [-0.2, 0) is 14.3 Å². The van der Waals surface area contributed by atoms with Crippen molar-refractivity contribution in [3.8, 4) is 0 Å². The summed E-state index contributed by atoms with van der Waals surface area (Å²) in [5.74, 6) is 1.82. The molecule has 0 radical (unpaired) electrons. The number of nitrogens with zero attached hydrogens (tertiary/aromatic N) is 1. The van der Waals surface area contributed by atoms with Gasteiger partial charge in [0.1, 0.15) is 6.61 Å². The molecule has 0 N–H and O–H groups in total. The number of ketones is 1. The van der Waals surface area contributed by atoms with Gasteiger partial charge in [0.2, 0.25) is 0 Å². The molecule has 0 atom stereocenters. The summed E-state index contributed by atoms with van der Waals surface area (Å²) >= 11 is 0. The summed E-state index contributed by atoms with van der Waals surface area (Å²) in [6.07, 6.45) is 4.50. The number of carbonyl (C=O) groups excluding carboxylic acids is 1. The lowest BCUT2D eigenvalue weighted by Gasteiger charge is -2.31. The number of benzene rings is 2. The number of para-hydroxylation sites is 2. The van der Waals surface area contributed by atoms with E-state index in [1.165, 1.54) is 0 Å². The third-order valence-corrected chi connectivity index (χ3v) is 5.39. The van der Waals surface area contributed by atoms with Crippen LogP contribution in [0.2, 0.25) is 0 Å². The summed E-state index contributed by atoms with van der Waals surface area (Å²) in [7, 11) is 0. The van der Waals surface area contributed by atoms with Crippen LogP contribution in [0, 0.1) is 11.8 Å². The average molecular weight is 394 g/mol. The molecule has 4 heteroatoms. The van der Waals surface area contributed by atoms with Crippen molar-refractivity contribution in [3.63, 3.8) is 0 Å². The minimum atomic E-state index is 0.0898. The second-order valence-electron chi connectivity index (χ2n) is 7.82. The Morgan fingerprint density at radius 2 is 1.38 bits per heavy atom. The Hall–Kier alpha value is -2.59. The van der Waals surface area contributed by atoms with E-state index in [-0.39, 0.29) is 12.4 Å². The van der Waals surface area contributed by atoms with Crippen molar-refractivity contribution < 1.29 is 14.3 Å². The van der Waals surface area contributed by atoms with Crippen LogP contribution in [0.25, 0.3) is 0 Å². The van der Waals surface area contributed by atoms with Crippen LogP contribution in [0.4, 0.5) is 11.4 Å². The smallest absolute Gasteiger partial charge is 0.191 e. The fraction of sp³-hybridized carbons (Fsp3) is 0.400. The van der Waals surface area contributed by atoms with Gasteiger partial charge in [-0.15, -0.1) is 0 Å². The molecule has 154 valence electrons. The normalized spacial score (nSPS) is 18.8.